The molecule has 1 aliphatic heterocycles. The van der Waals surface area contributed by atoms with Crippen molar-refractivity contribution in [2.75, 3.05) is 0 Å². The van der Waals surface area contributed by atoms with Crippen LogP contribution in [0.15, 0.2) is 0 Å². The van der Waals surface area contributed by atoms with E-state index in [1.54, 1.807) is 6.92 Å². The third-order valence-corrected chi connectivity index (χ3v) is 2.42. The summed E-state index contributed by atoms with van der Waals surface area (Å²) in [6, 6.07) is 0. The van der Waals surface area contributed by atoms with Crippen molar-refractivity contribution in [1.29, 1.82) is 0 Å². The molecule has 0 aromatic rings. The fourth-order valence-electron chi connectivity index (χ4n) is 1.47. The van der Waals surface area contributed by atoms with Gasteiger partial charge in [-0.1, -0.05) is 0 Å². The Labute approximate surface area is 88.0 Å². The molecule has 0 bridgehead atoms. The van der Waals surface area contributed by atoms with Crippen LogP contribution in [0.5, 0.6) is 0 Å². The molecule has 1 heterocycles. The van der Waals surface area contributed by atoms with Crippen molar-refractivity contribution >= 4 is 11.8 Å². The predicted octanol–water partition coefficient (Wildman–Crippen LogP) is -0.217. The van der Waals surface area contributed by atoms with E-state index < -0.39 is 18.2 Å². The minimum absolute atomic E-state index is 0.0961. The lowest BCUT2D eigenvalue weighted by Crippen LogP contribution is -2.33. The number of hydrogen-bond donors (Lipinski definition) is 2. The van der Waals surface area contributed by atoms with Gasteiger partial charge in [0.2, 0.25) is 0 Å². The zero-order valence-corrected chi connectivity index (χ0v) is 8.68. The van der Waals surface area contributed by atoms with Crippen LogP contribution in [0, 0.1) is 0 Å². The topological polar surface area (TPSA) is 83.8 Å². The van der Waals surface area contributed by atoms with Crippen molar-refractivity contribution < 1.29 is 24.5 Å². The zero-order chi connectivity index (χ0) is 11.4. The summed E-state index contributed by atoms with van der Waals surface area (Å²) < 4.78 is 4.93. The minimum Gasteiger partial charge on any atom is -0.463 e. The molecule has 1 rings (SSSR count). The Balaban J connectivity index is 2.63. The first-order valence-corrected chi connectivity index (χ1v) is 5.06. The monoisotopic (exact) mass is 216 g/mol. The van der Waals surface area contributed by atoms with Gasteiger partial charge in [-0.15, -0.1) is 0 Å². The Morgan fingerprint density at radius 1 is 1.20 bits per heavy atom. The van der Waals surface area contributed by atoms with Crippen LogP contribution in [0.1, 0.15) is 32.6 Å². The lowest BCUT2D eigenvalue weighted by atomic mass is 10.0. The summed E-state index contributed by atoms with van der Waals surface area (Å²) in [7, 11) is 0. The van der Waals surface area contributed by atoms with Gasteiger partial charge in [-0.2, -0.15) is 0 Å². The molecule has 0 amide bonds. The van der Waals surface area contributed by atoms with E-state index in [0.29, 0.717) is 6.42 Å². The van der Waals surface area contributed by atoms with Gasteiger partial charge < -0.3 is 14.9 Å². The first-order valence-electron chi connectivity index (χ1n) is 5.06. The average Bonchev–Trinajstić information content (AvgIpc) is 2.13. The molecule has 3 unspecified atom stereocenters. The van der Waals surface area contributed by atoms with Gasteiger partial charge in [0.15, 0.2) is 0 Å². The largest absolute Gasteiger partial charge is 0.463 e. The first kappa shape index (κ1) is 12.1. The van der Waals surface area contributed by atoms with Crippen LogP contribution < -0.4 is 0 Å². The molecule has 1 aliphatic rings. The first-order chi connectivity index (χ1) is 6.99. The van der Waals surface area contributed by atoms with E-state index in [1.807, 2.05) is 0 Å². The molecule has 1 saturated heterocycles. The second-order valence-corrected chi connectivity index (χ2v) is 3.92. The van der Waals surface area contributed by atoms with Crippen LogP contribution in [-0.2, 0) is 14.3 Å². The maximum atomic E-state index is 11.3. The smallest absolute Gasteiger partial charge is 0.308 e. The number of hydrogen-bond acceptors (Lipinski definition) is 5. The van der Waals surface area contributed by atoms with Crippen molar-refractivity contribution in [3.8, 4) is 0 Å². The number of esters is 1. The Bertz CT molecular complexity index is 250. The van der Waals surface area contributed by atoms with E-state index in [1.165, 1.54) is 0 Å². The fraction of sp³-hybridized carbons (Fsp3) is 0.800. The van der Waals surface area contributed by atoms with Crippen LogP contribution in [0.4, 0.5) is 0 Å². The molecular weight excluding hydrogens is 200 g/mol. The third kappa shape index (κ3) is 3.97. The summed E-state index contributed by atoms with van der Waals surface area (Å²) in [4.78, 5) is 22.4. The molecule has 5 heteroatoms. The lowest BCUT2D eigenvalue weighted by Gasteiger charge is -2.20. The number of carbonyl (C=O) groups is 2. The summed E-state index contributed by atoms with van der Waals surface area (Å²) in [6.45, 7) is 1.70. The van der Waals surface area contributed by atoms with Crippen LogP contribution in [0.2, 0.25) is 0 Å². The molecule has 0 radical (unpaired) electrons. The normalized spacial score (nSPS) is 34.7. The highest BCUT2D eigenvalue weighted by atomic mass is 16.5. The number of cyclic esters (lactones) is 1. The molecule has 0 aromatic heterocycles. The molecule has 0 spiro atoms. The number of aliphatic hydroxyl groups excluding tert-OH is 2. The van der Waals surface area contributed by atoms with E-state index in [2.05, 4.69) is 0 Å². The van der Waals surface area contributed by atoms with E-state index in [-0.39, 0.29) is 31.1 Å². The van der Waals surface area contributed by atoms with Crippen molar-refractivity contribution in [3.63, 3.8) is 0 Å². The maximum Gasteiger partial charge on any atom is 0.308 e. The summed E-state index contributed by atoms with van der Waals surface area (Å²) >= 11 is 0. The van der Waals surface area contributed by atoms with Gasteiger partial charge in [0.1, 0.15) is 5.78 Å². The SMILES string of the molecule is CC1CCC(=O)CC(O)C(O)CC(=O)O1. The van der Waals surface area contributed by atoms with Gasteiger partial charge in [-0.3, -0.25) is 9.59 Å². The number of rotatable bonds is 0. The van der Waals surface area contributed by atoms with E-state index in [9.17, 15) is 19.8 Å². The lowest BCUT2D eigenvalue weighted by molar-refractivity contribution is -0.154. The van der Waals surface area contributed by atoms with Crippen molar-refractivity contribution in [2.45, 2.75) is 50.9 Å². The highest BCUT2D eigenvalue weighted by Gasteiger charge is 2.25. The van der Waals surface area contributed by atoms with E-state index in [4.69, 9.17) is 4.74 Å². The molecule has 2 N–H and O–H groups in total. The van der Waals surface area contributed by atoms with Gasteiger partial charge in [-0.25, -0.2) is 0 Å². The highest BCUT2D eigenvalue weighted by Crippen LogP contribution is 2.13. The Morgan fingerprint density at radius 2 is 1.80 bits per heavy atom. The third-order valence-electron chi connectivity index (χ3n) is 2.42. The van der Waals surface area contributed by atoms with Crippen molar-refractivity contribution in [2.24, 2.45) is 0 Å². The summed E-state index contributed by atoms with van der Waals surface area (Å²) in [5, 5.41) is 18.7. The minimum atomic E-state index is -1.22. The summed E-state index contributed by atoms with van der Waals surface area (Å²) in [5.74, 6) is -0.658. The zero-order valence-electron chi connectivity index (χ0n) is 8.68. The van der Waals surface area contributed by atoms with Crippen LogP contribution in [-0.4, -0.2) is 40.3 Å². The fourth-order valence-corrected chi connectivity index (χ4v) is 1.47. The Kier molecular flexibility index (Phi) is 4.23. The molecule has 0 aromatic carbocycles. The van der Waals surface area contributed by atoms with Crippen molar-refractivity contribution in [3.05, 3.63) is 0 Å². The molecule has 0 aliphatic carbocycles. The Morgan fingerprint density at radius 3 is 2.47 bits per heavy atom. The number of ether oxygens (including phenoxy) is 1. The molecular formula is C10H16O5. The number of ketones is 1. The van der Waals surface area contributed by atoms with Gasteiger partial charge >= 0.3 is 5.97 Å². The van der Waals surface area contributed by atoms with E-state index in [0.717, 1.165) is 0 Å². The van der Waals surface area contributed by atoms with Gasteiger partial charge in [-0.05, 0) is 13.3 Å². The number of carbonyl (C=O) groups excluding carboxylic acids is 2. The molecule has 5 nitrogen and oxygen atoms in total. The van der Waals surface area contributed by atoms with Gasteiger partial charge in [0.25, 0.3) is 0 Å². The molecule has 0 saturated carbocycles. The summed E-state index contributed by atoms with van der Waals surface area (Å²) in [5.41, 5.74) is 0. The van der Waals surface area contributed by atoms with Gasteiger partial charge in [0, 0.05) is 12.8 Å². The predicted molar refractivity (Wildman–Crippen MR) is 51.0 cm³/mol. The summed E-state index contributed by atoms with van der Waals surface area (Å²) in [6.07, 6.45) is -2.33. The van der Waals surface area contributed by atoms with Crippen molar-refractivity contribution in [1.82, 2.24) is 0 Å². The second kappa shape index (κ2) is 5.23. The molecule has 3 atom stereocenters. The highest BCUT2D eigenvalue weighted by molar-refractivity contribution is 5.79. The van der Waals surface area contributed by atoms with Gasteiger partial charge in [0.05, 0.1) is 24.7 Å². The second-order valence-electron chi connectivity index (χ2n) is 3.92. The van der Waals surface area contributed by atoms with Crippen LogP contribution in [0.25, 0.3) is 0 Å². The van der Waals surface area contributed by atoms with E-state index >= 15 is 0 Å². The molecule has 15 heavy (non-hydrogen) atoms. The number of Topliss-reactive ketones (excluding diaryl/α,β-unsaturated/α-hetero) is 1. The average molecular weight is 216 g/mol. The Hall–Kier alpha value is -0.940. The standard InChI is InChI=1S/C10H16O5/c1-6-2-3-7(11)4-8(12)9(13)5-10(14)15-6/h6,8-9,12-13H,2-5H2,1H3. The van der Waals surface area contributed by atoms with Crippen LogP contribution >= 0.6 is 0 Å². The molecule has 86 valence electrons. The van der Waals surface area contributed by atoms with Crippen LogP contribution in [0.3, 0.4) is 0 Å². The molecule has 1 fully saturated rings. The number of aliphatic hydroxyl groups is 2. The maximum absolute atomic E-state index is 11.3. The quantitative estimate of drug-likeness (QED) is 0.547.